The number of nitrogens with zero attached hydrogens (tertiary/aromatic N) is 1. The van der Waals surface area contributed by atoms with Crippen molar-refractivity contribution in [2.24, 2.45) is 0 Å². The van der Waals surface area contributed by atoms with Crippen LogP contribution in [-0.2, 0) is 6.18 Å². The monoisotopic (exact) mass is 372 g/mol. The highest BCUT2D eigenvalue weighted by Crippen LogP contribution is 2.38. The predicted octanol–water partition coefficient (Wildman–Crippen LogP) is 4.69. The number of hydrogen-bond donors (Lipinski definition) is 1. The number of nitrogens with one attached hydrogen (secondary N) is 1. The lowest BCUT2D eigenvalue weighted by molar-refractivity contribution is -0.138. The molecule has 1 atom stereocenters. The summed E-state index contributed by atoms with van der Waals surface area (Å²) in [5, 5.41) is 3.26. The summed E-state index contributed by atoms with van der Waals surface area (Å²) in [5.41, 5.74) is -0.0509. The van der Waals surface area contributed by atoms with Gasteiger partial charge in [-0.2, -0.15) is 13.2 Å². The van der Waals surface area contributed by atoms with Gasteiger partial charge in [0.25, 0.3) is 0 Å². The van der Waals surface area contributed by atoms with Crippen molar-refractivity contribution in [3.8, 4) is 0 Å². The fourth-order valence-corrected chi connectivity index (χ4v) is 2.97. The Kier molecular flexibility index (Phi) is 10.2. The van der Waals surface area contributed by atoms with E-state index in [1.165, 1.54) is 12.1 Å². The highest BCUT2D eigenvalue weighted by Gasteiger charge is 2.36. The van der Waals surface area contributed by atoms with Crippen LogP contribution in [-0.4, -0.2) is 31.1 Å². The highest BCUT2D eigenvalue weighted by atomic mass is 35.5. The molecule has 2 nitrogen and oxygen atoms in total. The Morgan fingerprint density at radius 3 is 2.30 bits per heavy atom. The number of benzene rings is 1. The number of unbranched alkanes of at least 4 members (excludes halogenated alkanes) is 1. The third-order valence-electron chi connectivity index (χ3n) is 4.05. The van der Waals surface area contributed by atoms with E-state index >= 15 is 0 Å². The van der Waals surface area contributed by atoms with Crippen molar-refractivity contribution in [2.75, 3.05) is 26.2 Å². The van der Waals surface area contributed by atoms with Crippen molar-refractivity contribution in [1.82, 2.24) is 10.2 Å². The lowest BCUT2D eigenvalue weighted by Gasteiger charge is -2.36. The van der Waals surface area contributed by atoms with E-state index in [-0.39, 0.29) is 30.9 Å². The minimum Gasteiger partial charge on any atom is -0.314 e. The van der Waals surface area contributed by atoms with Crippen molar-refractivity contribution in [2.45, 2.75) is 38.4 Å². The second-order valence-corrected chi connectivity index (χ2v) is 5.53. The van der Waals surface area contributed by atoms with Crippen LogP contribution in [0.3, 0.4) is 0 Å². The Bertz CT molecular complexity index is 449. The van der Waals surface area contributed by atoms with Crippen LogP contribution in [0.5, 0.6) is 0 Å². The van der Waals surface area contributed by atoms with Gasteiger partial charge in [0, 0.05) is 32.2 Å². The zero-order chi connectivity index (χ0) is 15.3. The molecule has 0 unspecified atom stereocenters. The number of alkyl halides is 3. The van der Waals surface area contributed by atoms with Crippen molar-refractivity contribution in [1.29, 1.82) is 0 Å². The van der Waals surface area contributed by atoms with Gasteiger partial charge in [0.15, 0.2) is 0 Å². The number of halogens is 5. The zero-order valence-electron chi connectivity index (χ0n) is 13.2. The second kappa shape index (κ2) is 10.4. The summed E-state index contributed by atoms with van der Waals surface area (Å²) in [5.74, 6) is 0. The Hall–Kier alpha value is -0.490. The largest absolute Gasteiger partial charge is 0.416 e. The lowest BCUT2D eigenvalue weighted by Crippen LogP contribution is -2.45. The average Bonchev–Trinajstić information content (AvgIpc) is 2.48. The molecule has 0 aliphatic carbocycles. The maximum absolute atomic E-state index is 13.3. The van der Waals surface area contributed by atoms with E-state index in [2.05, 4.69) is 17.1 Å². The van der Waals surface area contributed by atoms with Gasteiger partial charge in [0.05, 0.1) is 5.56 Å². The van der Waals surface area contributed by atoms with Crippen LogP contribution in [0.2, 0.25) is 0 Å². The maximum atomic E-state index is 13.3. The van der Waals surface area contributed by atoms with Gasteiger partial charge in [-0.15, -0.1) is 24.8 Å². The Labute approximate surface area is 148 Å². The molecule has 0 bridgehead atoms. The molecule has 1 N–H and O–H groups in total. The molecular weight excluding hydrogens is 348 g/mol. The summed E-state index contributed by atoms with van der Waals surface area (Å²) in [7, 11) is 0. The minimum atomic E-state index is -4.28. The molecular formula is C16H25Cl2F3N2. The zero-order valence-corrected chi connectivity index (χ0v) is 14.9. The molecule has 23 heavy (non-hydrogen) atoms. The molecule has 2 rings (SSSR count). The molecule has 0 spiro atoms. The first-order chi connectivity index (χ1) is 10.0. The molecule has 0 aromatic heterocycles. The normalized spacial score (nSPS) is 17.0. The quantitative estimate of drug-likeness (QED) is 0.806. The Morgan fingerprint density at radius 2 is 1.74 bits per heavy atom. The third-order valence-corrected chi connectivity index (χ3v) is 4.05. The molecule has 0 saturated carbocycles. The fourth-order valence-electron chi connectivity index (χ4n) is 2.97. The molecule has 1 fully saturated rings. The third kappa shape index (κ3) is 6.14. The van der Waals surface area contributed by atoms with Crippen molar-refractivity contribution >= 4 is 24.8 Å². The van der Waals surface area contributed by atoms with Crippen molar-refractivity contribution < 1.29 is 13.2 Å². The van der Waals surface area contributed by atoms with Crippen LogP contribution in [0.25, 0.3) is 0 Å². The van der Waals surface area contributed by atoms with E-state index in [1.54, 1.807) is 12.1 Å². The van der Waals surface area contributed by atoms with Crippen LogP contribution in [0, 0.1) is 0 Å². The molecule has 1 aliphatic rings. The fraction of sp³-hybridized carbons (Fsp3) is 0.625. The smallest absolute Gasteiger partial charge is 0.314 e. The first-order valence-electron chi connectivity index (χ1n) is 7.65. The Morgan fingerprint density at radius 1 is 1.13 bits per heavy atom. The second-order valence-electron chi connectivity index (χ2n) is 5.53. The molecule has 0 radical (unpaired) electrons. The van der Waals surface area contributed by atoms with Crippen molar-refractivity contribution in [3.63, 3.8) is 0 Å². The van der Waals surface area contributed by atoms with Crippen LogP contribution in [0.4, 0.5) is 13.2 Å². The molecule has 134 valence electrons. The summed E-state index contributed by atoms with van der Waals surface area (Å²) in [6.45, 7) is 5.37. The van der Waals surface area contributed by atoms with Gasteiger partial charge in [0.2, 0.25) is 0 Å². The summed E-state index contributed by atoms with van der Waals surface area (Å²) < 4.78 is 39.8. The SMILES string of the molecule is CCCC[C@@H](c1ccccc1C(F)(F)F)N1CCNCC1.Cl.Cl. The Balaban J connectivity index is 0.00000242. The first-order valence-corrected chi connectivity index (χ1v) is 7.65. The van der Waals surface area contributed by atoms with Gasteiger partial charge in [-0.3, -0.25) is 4.90 Å². The highest BCUT2D eigenvalue weighted by molar-refractivity contribution is 5.85. The molecule has 1 aliphatic heterocycles. The summed E-state index contributed by atoms with van der Waals surface area (Å²) >= 11 is 0. The lowest BCUT2D eigenvalue weighted by atomic mass is 9.94. The van der Waals surface area contributed by atoms with Crippen LogP contribution < -0.4 is 5.32 Å². The van der Waals surface area contributed by atoms with E-state index in [4.69, 9.17) is 0 Å². The summed E-state index contributed by atoms with van der Waals surface area (Å²) in [6, 6.07) is 5.90. The molecule has 1 heterocycles. The van der Waals surface area contributed by atoms with Gasteiger partial charge in [0.1, 0.15) is 0 Å². The number of rotatable bonds is 5. The average molecular weight is 373 g/mol. The van der Waals surface area contributed by atoms with Crippen molar-refractivity contribution in [3.05, 3.63) is 35.4 Å². The first kappa shape index (κ1) is 22.5. The van der Waals surface area contributed by atoms with Gasteiger partial charge in [-0.25, -0.2) is 0 Å². The summed E-state index contributed by atoms with van der Waals surface area (Å²) in [6.07, 6.45) is -1.56. The summed E-state index contributed by atoms with van der Waals surface area (Å²) in [4.78, 5) is 2.19. The standard InChI is InChI=1S/C16H23F3N2.2ClH/c1-2-3-8-15(21-11-9-20-10-12-21)13-6-4-5-7-14(13)16(17,18)19;;/h4-7,15,20H,2-3,8-12H2,1H3;2*1H/t15-;;/m0../s1. The molecule has 1 aromatic rings. The van der Waals surface area contributed by atoms with Crippen LogP contribution in [0.1, 0.15) is 43.4 Å². The van der Waals surface area contributed by atoms with E-state index in [0.717, 1.165) is 45.4 Å². The molecule has 1 saturated heterocycles. The maximum Gasteiger partial charge on any atom is 0.416 e. The van der Waals surface area contributed by atoms with E-state index in [1.807, 2.05) is 0 Å². The minimum absolute atomic E-state index is 0. The van der Waals surface area contributed by atoms with Gasteiger partial charge < -0.3 is 5.32 Å². The van der Waals surface area contributed by atoms with E-state index in [9.17, 15) is 13.2 Å². The van der Waals surface area contributed by atoms with E-state index < -0.39 is 11.7 Å². The number of piperazine rings is 1. The number of hydrogen-bond acceptors (Lipinski definition) is 2. The molecule has 1 aromatic carbocycles. The van der Waals surface area contributed by atoms with Gasteiger partial charge >= 0.3 is 6.18 Å². The molecule has 7 heteroatoms. The van der Waals surface area contributed by atoms with E-state index in [0.29, 0.717) is 5.56 Å². The topological polar surface area (TPSA) is 15.3 Å². The molecule has 0 amide bonds. The predicted molar refractivity (Wildman–Crippen MR) is 92.6 cm³/mol. The van der Waals surface area contributed by atoms with Crippen LogP contribution >= 0.6 is 24.8 Å². The van der Waals surface area contributed by atoms with Crippen LogP contribution in [0.15, 0.2) is 24.3 Å². The van der Waals surface area contributed by atoms with Gasteiger partial charge in [-0.1, -0.05) is 38.0 Å². The van der Waals surface area contributed by atoms with Gasteiger partial charge in [-0.05, 0) is 18.1 Å².